The molecule has 0 bridgehead atoms. The molecule has 1 aliphatic carbocycles. The minimum absolute atomic E-state index is 0.230. The Balaban J connectivity index is 1.16. The third-order valence-corrected chi connectivity index (χ3v) is 8.71. The fraction of sp³-hybridized carbons (Fsp3) is 0.400. The lowest BCUT2D eigenvalue weighted by molar-refractivity contribution is -0.127. The lowest BCUT2D eigenvalue weighted by Crippen LogP contribution is -2.58. The van der Waals surface area contributed by atoms with Gasteiger partial charge >= 0.3 is 0 Å². The van der Waals surface area contributed by atoms with Crippen LogP contribution in [0.25, 0.3) is 11.1 Å². The molecule has 1 unspecified atom stereocenters. The summed E-state index contributed by atoms with van der Waals surface area (Å²) in [7, 11) is 2.18. The number of rotatable bonds is 7. The highest BCUT2D eigenvalue weighted by Crippen LogP contribution is 2.31. The van der Waals surface area contributed by atoms with Crippen LogP contribution in [0, 0.1) is 11.3 Å². The van der Waals surface area contributed by atoms with Gasteiger partial charge in [0.25, 0.3) is 0 Å². The van der Waals surface area contributed by atoms with Crippen molar-refractivity contribution < 1.29 is 4.79 Å². The molecule has 2 atom stereocenters. The van der Waals surface area contributed by atoms with Crippen LogP contribution in [0.4, 0.5) is 0 Å². The minimum atomic E-state index is -0.951. The van der Waals surface area contributed by atoms with Crippen molar-refractivity contribution in [2.75, 3.05) is 33.2 Å². The second-order valence-corrected chi connectivity index (χ2v) is 11.5. The summed E-state index contributed by atoms with van der Waals surface area (Å²) in [6, 6.07) is 20.8. The van der Waals surface area contributed by atoms with Gasteiger partial charge in [-0.3, -0.25) is 9.69 Å². The number of thiophene rings is 1. The summed E-state index contributed by atoms with van der Waals surface area (Å²) in [5, 5.41) is 14.7. The third-order valence-electron chi connectivity index (χ3n) is 7.75. The molecule has 2 aromatic carbocycles. The van der Waals surface area contributed by atoms with Crippen molar-refractivity contribution in [3.05, 3.63) is 81.5 Å². The maximum Gasteiger partial charge on any atom is 0.241 e. The number of nitrogens with one attached hydrogen (secondary N) is 1. The molecule has 0 spiro atoms. The average molecular weight is 514 g/mol. The van der Waals surface area contributed by atoms with E-state index in [0.29, 0.717) is 19.3 Å². The molecule has 3 aromatic rings. The Hall–Kier alpha value is -3.02. The van der Waals surface area contributed by atoms with E-state index in [0.717, 1.165) is 50.3 Å². The molecule has 7 heteroatoms. The number of piperazine rings is 1. The molecular weight excluding hydrogens is 478 g/mol. The number of amides is 1. The maximum absolute atomic E-state index is 13.0. The number of fused-ring (bicyclic) bond motifs is 1. The quantitative estimate of drug-likeness (QED) is 0.504. The van der Waals surface area contributed by atoms with Gasteiger partial charge in [-0.25, -0.2) is 0 Å². The molecule has 0 saturated carbocycles. The van der Waals surface area contributed by atoms with Gasteiger partial charge in [0.15, 0.2) is 0 Å². The molecule has 1 fully saturated rings. The molecule has 1 aromatic heterocycles. The van der Waals surface area contributed by atoms with Gasteiger partial charge in [0, 0.05) is 50.4 Å². The number of likely N-dealkylation sites (N-methyl/N-ethyl adjacent to an activating group) is 1. The van der Waals surface area contributed by atoms with E-state index in [9.17, 15) is 10.1 Å². The summed E-state index contributed by atoms with van der Waals surface area (Å²) in [4.78, 5) is 19.1. The Morgan fingerprint density at radius 3 is 2.35 bits per heavy atom. The van der Waals surface area contributed by atoms with E-state index < -0.39 is 11.6 Å². The van der Waals surface area contributed by atoms with Gasteiger partial charge < -0.3 is 16.0 Å². The number of nitrogens with two attached hydrogens (primary N) is 1. The highest BCUT2D eigenvalue weighted by atomic mass is 32.1. The van der Waals surface area contributed by atoms with E-state index in [4.69, 9.17) is 5.73 Å². The summed E-state index contributed by atoms with van der Waals surface area (Å²) in [6.07, 6.45) is 2.39. The number of carbonyl (C=O) groups is 1. The number of nitrogens with zero attached hydrogens (tertiary/aromatic N) is 3. The van der Waals surface area contributed by atoms with Crippen LogP contribution < -0.4 is 11.1 Å². The normalized spacial score (nSPS) is 21.1. The number of nitriles is 1. The zero-order valence-electron chi connectivity index (χ0n) is 21.5. The van der Waals surface area contributed by atoms with Crippen LogP contribution in [0.2, 0.25) is 0 Å². The molecule has 192 valence electrons. The molecular formula is C30H35N5OS. The van der Waals surface area contributed by atoms with Gasteiger partial charge in [0.1, 0.15) is 11.6 Å². The van der Waals surface area contributed by atoms with E-state index in [1.165, 1.54) is 21.6 Å². The predicted molar refractivity (Wildman–Crippen MR) is 149 cm³/mol. The number of hydrogen-bond acceptors (Lipinski definition) is 6. The van der Waals surface area contributed by atoms with Crippen molar-refractivity contribution >= 4 is 17.2 Å². The average Bonchev–Trinajstić information content (AvgIpc) is 3.38. The van der Waals surface area contributed by atoms with Gasteiger partial charge in [-0.05, 0) is 59.2 Å². The minimum Gasteiger partial charge on any atom is -0.338 e. The van der Waals surface area contributed by atoms with Crippen LogP contribution in [0.5, 0.6) is 0 Å². The highest BCUT2D eigenvalue weighted by Gasteiger charge is 2.39. The first-order valence-electron chi connectivity index (χ1n) is 13.1. The maximum atomic E-state index is 13.0. The molecule has 6 nitrogen and oxygen atoms in total. The van der Waals surface area contributed by atoms with Crippen molar-refractivity contribution in [1.82, 2.24) is 15.1 Å². The standard InChI is InChI=1S/C30H35N5OS/c1-34-13-15-35(16-14-34)21-23-4-8-25(9-5-23)24-6-2-22(3-7-24)18-27(20-31)33-29(36)30(32)12-10-26-11-17-37-28(26)19-30/h2-9,11,17,27H,10,12-16,18-19,21,32H2,1H3,(H,33,36)/t27?,30-/m0/s1. The summed E-state index contributed by atoms with van der Waals surface area (Å²) in [5.41, 5.74) is 11.5. The fourth-order valence-electron chi connectivity index (χ4n) is 5.24. The van der Waals surface area contributed by atoms with Crippen molar-refractivity contribution in [1.29, 1.82) is 5.26 Å². The van der Waals surface area contributed by atoms with Gasteiger partial charge in [-0.2, -0.15) is 5.26 Å². The van der Waals surface area contributed by atoms with Crippen LogP contribution in [0.1, 0.15) is 28.0 Å². The van der Waals surface area contributed by atoms with Crippen LogP contribution in [0.15, 0.2) is 60.0 Å². The van der Waals surface area contributed by atoms with Gasteiger partial charge in [0.2, 0.25) is 5.91 Å². The Morgan fingerprint density at radius 1 is 1.05 bits per heavy atom. The molecule has 2 heterocycles. The van der Waals surface area contributed by atoms with E-state index in [-0.39, 0.29) is 5.91 Å². The number of aryl methyl sites for hydroxylation is 1. The molecule has 1 saturated heterocycles. The molecule has 1 aliphatic heterocycles. The Morgan fingerprint density at radius 2 is 1.70 bits per heavy atom. The lowest BCUT2D eigenvalue weighted by Gasteiger charge is -2.32. The smallest absolute Gasteiger partial charge is 0.241 e. The van der Waals surface area contributed by atoms with Crippen LogP contribution >= 0.6 is 11.3 Å². The number of hydrogen-bond donors (Lipinski definition) is 2. The molecule has 0 radical (unpaired) electrons. The van der Waals surface area contributed by atoms with E-state index in [1.807, 2.05) is 12.1 Å². The largest absolute Gasteiger partial charge is 0.338 e. The van der Waals surface area contributed by atoms with Crippen LogP contribution in [-0.4, -0.2) is 60.5 Å². The Bertz CT molecular complexity index is 1250. The first-order valence-corrected chi connectivity index (χ1v) is 13.9. The van der Waals surface area contributed by atoms with Crippen molar-refractivity contribution in [2.24, 2.45) is 5.73 Å². The summed E-state index contributed by atoms with van der Waals surface area (Å²) in [5.74, 6) is -0.230. The van der Waals surface area contributed by atoms with Crippen molar-refractivity contribution in [3.63, 3.8) is 0 Å². The molecule has 3 N–H and O–H groups in total. The van der Waals surface area contributed by atoms with Crippen molar-refractivity contribution in [3.8, 4) is 17.2 Å². The first kappa shape index (κ1) is 25.6. The SMILES string of the molecule is CN1CCN(Cc2ccc(-c3ccc(CC(C#N)NC(=O)[C@]4(N)CCc5ccsc5C4)cc3)cc2)CC1. The molecule has 5 rings (SSSR count). The Labute approximate surface area is 223 Å². The van der Waals surface area contributed by atoms with Gasteiger partial charge in [-0.15, -0.1) is 11.3 Å². The van der Waals surface area contributed by atoms with Gasteiger partial charge in [0.05, 0.1) is 6.07 Å². The fourth-order valence-corrected chi connectivity index (χ4v) is 6.30. The molecule has 37 heavy (non-hydrogen) atoms. The van der Waals surface area contributed by atoms with Crippen LogP contribution in [0.3, 0.4) is 0 Å². The summed E-state index contributed by atoms with van der Waals surface area (Å²) >= 11 is 1.65. The first-order chi connectivity index (χ1) is 17.9. The highest BCUT2D eigenvalue weighted by molar-refractivity contribution is 7.10. The Kier molecular flexibility index (Phi) is 7.73. The topological polar surface area (TPSA) is 85.4 Å². The zero-order chi connectivity index (χ0) is 25.8. The monoisotopic (exact) mass is 513 g/mol. The predicted octanol–water partition coefficient (Wildman–Crippen LogP) is 3.60. The second-order valence-electron chi connectivity index (χ2n) is 10.5. The molecule has 1 amide bonds. The second kappa shape index (κ2) is 11.2. The van der Waals surface area contributed by atoms with E-state index in [1.54, 1.807) is 11.3 Å². The number of carbonyl (C=O) groups excluding carboxylic acids is 1. The number of benzene rings is 2. The van der Waals surface area contributed by atoms with Crippen LogP contribution in [-0.2, 0) is 30.6 Å². The van der Waals surface area contributed by atoms with E-state index in [2.05, 4.69) is 76.1 Å². The molecule has 2 aliphatic rings. The third kappa shape index (κ3) is 6.11. The van der Waals surface area contributed by atoms with Crippen molar-refractivity contribution in [2.45, 2.75) is 43.8 Å². The van der Waals surface area contributed by atoms with E-state index >= 15 is 0 Å². The summed E-state index contributed by atoms with van der Waals surface area (Å²) < 4.78 is 0. The van der Waals surface area contributed by atoms with Gasteiger partial charge in [-0.1, -0.05) is 48.5 Å². The summed E-state index contributed by atoms with van der Waals surface area (Å²) in [6.45, 7) is 5.48. The zero-order valence-corrected chi connectivity index (χ0v) is 22.3. The lowest BCUT2D eigenvalue weighted by atomic mass is 9.81.